The van der Waals surface area contributed by atoms with Crippen LogP contribution in [0.3, 0.4) is 0 Å². The number of carbonyl (C=O) groups excluding carboxylic acids is 1. The monoisotopic (exact) mass is 193 g/mol. The predicted molar refractivity (Wildman–Crippen MR) is 53.4 cm³/mol. The Bertz CT molecular complexity index is 321. The summed E-state index contributed by atoms with van der Waals surface area (Å²) >= 11 is 0. The van der Waals surface area contributed by atoms with Gasteiger partial charge in [0.15, 0.2) is 12.1 Å². The number of rotatable bonds is 2. The predicted octanol–water partition coefficient (Wildman–Crippen LogP) is 0.962. The van der Waals surface area contributed by atoms with E-state index in [1.54, 1.807) is 6.20 Å². The molecule has 14 heavy (non-hydrogen) atoms. The summed E-state index contributed by atoms with van der Waals surface area (Å²) in [5.74, 6) is 0.547. The maximum Gasteiger partial charge on any atom is 0.185 e. The van der Waals surface area contributed by atoms with Crippen LogP contribution in [0.2, 0.25) is 0 Å². The second-order valence-electron chi connectivity index (χ2n) is 3.87. The maximum absolute atomic E-state index is 10.7. The first-order valence-electron chi connectivity index (χ1n) is 4.98. The summed E-state index contributed by atoms with van der Waals surface area (Å²) < 4.78 is 1.99. The second-order valence-corrected chi connectivity index (χ2v) is 3.87. The molecule has 1 aromatic rings. The van der Waals surface area contributed by atoms with Crippen molar-refractivity contribution in [3.05, 3.63) is 18.2 Å². The Balaban J connectivity index is 2.17. The van der Waals surface area contributed by atoms with E-state index >= 15 is 0 Å². The molecule has 1 aliphatic heterocycles. The summed E-state index contributed by atoms with van der Waals surface area (Å²) in [5, 5.41) is 0. The molecule has 0 amide bonds. The van der Waals surface area contributed by atoms with Gasteiger partial charge in [-0.3, -0.25) is 4.79 Å². The van der Waals surface area contributed by atoms with Crippen molar-refractivity contribution in [2.24, 2.45) is 0 Å². The summed E-state index contributed by atoms with van der Waals surface area (Å²) in [7, 11) is 2.11. The molecule has 76 valence electrons. The van der Waals surface area contributed by atoms with Gasteiger partial charge in [-0.2, -0.15) is 0 Å². The van der Waals surface area contributed by atoms with Crippen LogP contribution in [0.15, 0.2) is 12.4 Å². The van der Waals surface area contributed by atoms with Gasteiger partial charge in [0.05, 0.1) is 0 Å². The molecule has 1 aliphatic rings. The van der Waals surface area contributed by atoms with Crippen molar-refractivity contribution in [2.75, 3.05) is 20.1 Å². The van der Waals surface area contributed by atoms with Crippen LogP contribution in [-0.4, -0.2) is 40.9 Å². The molecule has 1 aromatic heterocycles. The first-order valence-corrected chi connectivity index (χ1v) is 4.98. The van der Waals surface area contributed by atoms with Crippen LogP contribution in [0.25, 0.3) is 0 Å². The number of aromatic nitrogens is 2. The summed E-state index contributed by atoms with van der Waals surface area (Å²) in [5.41, 5.74) is 0. The number of hydrogen-bond donors (Lipinski definition) is 0. The summed E-state index contributed by atoms with van der Waals surface area (Å²) in [6, 6.07) is 0.413. The molecule has 4 nitrogen and oxygen atoms in total. The highest BCUT2D eigenvalue weighted by molar-refractivity contribution is 5.69. The number of piperidine rings is 1. The zero-order valence-electron chi connectivity index (χ0n) is 8.39. The molecule has 0 aliphatic carbocycles. The van der Waals surface area contributed by atoms with E-state index < -0.39 is 0 Å². The van der Waals surface area contributed by atoms with Crippen molar-refractivity contribution in [1.82, 2.24) is 14.5 Å². The van der Waals surface area contributed by atoms with Crippen molar-refractivity contribution in [3.63, 3.8) is 0 Å². The van der Waals surface area contributed by atoms with Crippen LogP contribution in [-0.2, 0) is 0 Å². The SMILES string of the molecule is CN1CCCC(n2ccnc2C=O)C1. The number of nitrogens with zero attached hydrogens (tertiary/aromatic N) is 3. The third kappa shape index (κ3) is 1.70. The fourth-order valence-electron chi connectivity index (χ4n) is 2.09. The fourth-order valence-corrected chi connectivity index (χ4v) is 2.09. The van der Waals surface area contributed by atoms with Gasteiger partial charge in [0.25, 0.3) is 0 Å². The summed E-state index contributed by atoms with van der Waals surface area (Å²) in [4.78, 5) is 17.0. The summed E-state index contributed by atoms with van der Waals surface area (Å²) in [6.45, 7) is 2.17. The number of carbonyl (C=O) groups is 1. The first kappa shape index (κ1) is 9.40. The molecular weight excluding hydrogens is 178 g/mol. The number of aldehydes is 1. The molecule has 0 spiro atoms. The van der Waals surface area contributed by atoms with Crippen LogP contribution in [0.1, 0.15) is 29.5 Å². The topological polar surface area (TPSA) is 38.1 Å². The Kier molecular flexibility index (Phi) is 2.63. The Hall–Kier alpha value is -1.16. The maximum atomic E-state index is 10.7. The van der Waals surface area contributed by atoms with E-state index in [1.165, 1.54) is 6.42 Å². The number of hydrogen-bond acceptors (Lipinski definition) is 3. The van der Waals surface area contributed by atoms with Crippen LogP contribution in [0.4, 0.5) is 0 Å². The molecule has 1 saturated heterocycles. The van der Waals surface area contributed by atoms with Crippen molar-refractivity contribution in [2.45, 2.75) is 18.9 Å². The van der Waals surface area contributed by atoms with E-state index in [-0.39, 0.29) is 0 Å². The lowest BCUT2D eigenvalue weighted by Crippen LogP contribution is -2.33. The van der Waals surface area contributed by atoms with Crippen molar-refractivity contribution in [3.8, 4) is 0 Å². The molecule has 0 radical (unpaired) electrons. The molecule has 1 unspecified atom stereocenters. The van der Waals surface area contributed by atoms with Gasteiger partial charge in [-0.25, -0.2) is 4.98 Å². The number of likely N-dealkylation sites (N-methyl/N-ethyl adjacent to an activating group) is 1. The van der Waals surface area contributed by atoms with Gasteiger partial charge >= 0.3 is 0 Å². The van der Waals surface area contributed by atoms with E-state index in [0.717, 1.165) is 25.8 Å². The lowest BCUT2D eigenvalue weighted by atomic mass is 10.1. The van der Waals surface area contributed by atoms with Crippen LogP contribution >= 0.6 is 0 Å². The van der Waals surface area contributed by atoms with Crippen LogP contribution < -0.4 is 0 Å². The molecule has 1 atom stereocenters. The zero-order valence-corrected chi connectivity index (χ0v) is 8.39. The Morgan fingerprint density at radius 3 is 3.21 bits per heavy atom. The van der Waals surface area contributed by atoms with Crippen LogP contribution in [0.5, 0.6) is 0 Å². The normalized spacial score (nSPS) is 23.6. The van der Waals surface area contributed by atoms with E-state index in [2.05, 4.69) is 16.9 Å². The zero-order chi connectivity index (χ0) is 9.97. The quantitative estimate of drug-likeness (QED) is 0.657. The number of likely N-dealkylation sites (tertiary alicyclic amines) is 1. The molecule has 0 saturated carbocycles. The highest BCUT2D eigenvalue weighted by Crippen LogP contribution is 2.20. The van der Waals surface area contributed by atoms with Gasteiger partial charge in [-0.05, 0) is 26.4 Å². The van der Waals surface area contributed by atoms with Crippen molar-refractivity contribution in [1.29, 1.82) is 0 Å². The molecule has 2 heterocycles. The smallest absolute Gasteiger partial charge is 0.185 e. The third-order valence-electron chi connectivity index (χ3n) is 2.80. The Morgan fingerprint density at radius 1 is 1.64 bits per heavy atom. The lowest BCUT2D eigenvalue weighted by molar-refractivity contribution is 0.110. The van der Waals surface area contributed by atoms with E-state index in [4.69, 9.17) is 0 Å². The highest BCUT2D eigenvalue weighted by atomic mass is 16.1. The van der Waals surface area contributed by atoms with E-state index in [9.17, 15) is 4.79 Å². The van der Waals surface area contributed by atoms with Crippen molar-refractivity contribution >= 4 is 6.29 Å². The molecule has 0 aromatic carbocycles. The van der Waals surface area contributed by atoms with Gasteiger partial charge in [0.2, 0.25) is 0 Å². The minimum atomic E-state index is 0.413. The minimum absolute atomic E-state index is 0.413. The highest BCUT2D eigenvalue weighted by Gasteiger charge is 2.20. The standard InChI is InChI=1S/C10H15N3O/c1-12-5-2-3-9(7-12)13-6-4-11-10(13)8-14/h4,6,8-9H,2-3,5,7H2,1H3. The minimum Gasteiger partial charge on any atom is -0.324 e. The molecule has 1 fully saturated rings. The molecule has 0 bridgehead atoms. The Morgan fingerprint density at radius 2 is 2.50 bits per heavy atom. The molecule has 4 heteroatoms. The van der Waals surface area contributed by atoms with E-state index in [1.807, 2.05) is 10.8 Å². The van der Waals surface area contributed by atoms with Gasteiger partial charge in [0, 0.05) is 25.0 Å². The van der Waals surface area contributed by atoms with Crippen LogP contribution in [0, 0.1) is 0 Å². The average Bonchev–Trinajstić information content (AvgIpc) is 2.65. The fraction of sp³-hybridized carbons (Fsp3) is 0.600. The molecular formula is C10H15N3O. The second kappa shape index (κ2) is 3.92. The van der Waals surface area contributed by atoms with Crippen molar-refractivity contribution < 1.29 is 4.79 Å². The van der Waals surface area contributed by atoms with Gasteiger partial charge in [-0.1, -0.05) is 0 Å². The molecule has 2 rings (SSSR count). The van der Waals surface area contributed by atoms with E-state index in [0.29, 0.717) is 11.9 Å². The molecule has 0 N–H and O–H groups in total. The van der Waals surface area contributed by atoms with Gasteiger partial charge in [-0.15, -0.1) is 0 Å². The largest absolute Gasteiger partial charge is 0.324 e. The average molecular weight is 193 g/mol. The lowest BCUT2D eigenvalue weighted by Gasteiger charge is -2.30. The summed E-state index contributed by atoms with van der Waals surface area (Å²) in [6.07, 6.45) is 6.75. The van der Waals surface area contributed by atoms with Gasteiger partial charge in [0.1, 0.15) is 0 Å². The number of imidazole rings is 1. The first-order chi connectivity index (χ1) is 6.81. The van der Waals surface area contributed by atoms with Gasteiger partial charge < -0.3 is 9.47 Å². The third-order valence-corrected chi connectivity index (χ3v) is 2.80. The Labute approximate surface area is 83.5 Å².